The average Bonchev–Trinajstić information content (AvgIpc) is 2.70. The summed E-state index contributed by atoms with van der Waals surface area (Å²) in [5.74, 6) is -0.999. The quantitative estimate of drug-likeness (QED) is 0.809. The van der Waals surface area contributed by atoms with E-state index < -0.39 is 12.0 Å². The molecule has 0 aliphatic rings. The van der Waals surface area contributed by atoms with Gasteiger partial charge in [0, 0.05) is 17.5 Å². The molecule has 2 aromatic rings. The van der Waals surface area contributed by atoms with Crippen LogP contribution in [0.3, 0.4) is 0 Å². The van der Waals surface area contributed by atoms with Crippen LogP contribution in [0.15, 0.2) is 18.2 Å². The normalized spacial score (nSPS) is 11.8. The lowest BCUT2D eigenvalue weighted by Crippen LogP contribution is -2.32. The fourth-order valence-corrected chi connectivity index (χ4v) is 2.16. The number of aryl methyl sites for hydroxylation is 1. The summed E-state index contributed by atoms with van der Waals surface area (Å²) in [6.07, 6.45) is 0.293. The minimum atomic E-state index is -0.999. The number of aromatic nitrogens is 1. The monoisotopic (exact) mass is 282 g/mol. The molecule has 0 fully saturated rings. The molecule has 1 aromatic heterocycles. The minimum absolute atomic E-state index is 0.293. The molecule has 0 spiro atoms. The number of carboxylic acid groups (broad SMARTS) is 1. The Balaban J connectivity index is 0.000000861. The van der Waals surface area contributed by atoms with Crippen molar-refractivity contribution in [1.29, 1.82) is 0 Å². The van der Waals surface area contributed by atoms with Crippen molar-refractivity contribution in [3.05, 3.63) is 34.5 Å². The Hall–Kier alpha value is -1.52. The summed E-state index contributed by atoms with van der Waals surface area (Å²) >= 11 is 6.06. The van der Waals surface area contributed by atoms with Crippen LogP contribution in [0.5, 0.6) is 0 Å². The summed E-state index contributed by atoms with van der Waals surface area (Å²) in [6, 6.07) is 4.65. The molecule has 5 heteroatoms. The number of para-hydroxylation sites is 1. The van der Waals surface area contributed by atoms with Crippen molar-refractivity contribution in [2.45, 2.75) is 33.2 Å². The Morgan fingerprint density at radius 3 is 2.68 bits per heavy atom. The number of carboxylic acids is 1. The van der Waals surface area contributed by atoms with E-state index in [1.54, 1.807) is 6.07 Å². The molecule has 0 amide bonds. The number of hydrogen-bond donors (Lipinski definition) is 3. The summed E-state index contributed by atoms with van der Waals surface area (Å²) < 4.78 is 0. The van der Waals surface area contributed by atoms with Crippen LogP contribution in [0.4, 0.5) is 0 Å². The average molecular weight is 283 g/mol. The van der Waals surface area contributed by atoms with Gasteiger partial charge in [-0.05, 0) is 18.6 Å². The molecule has 0 radical (unpaired) electrons. The summed E-state index contributed by atoms with van der Waals surface area (Å²) in [4.78, 5) is 13.9. The van der Waals surface area contributed by atoms with Gasteiger partial charge in [-0.2, -0.15) is 0 Å². The number of H-pyrrole nitrogens is 1. The zero-order valence-corrected chi connectivity index (χ0v) is 12.1. The first-order chi connectivity index (χ1) is 9.00. The van der Waals surface area contributed by atoms with Gasteiger partial charge in [-0.1, -0.05) is 37.6 Å². The first kappa shape index (κ1) is 15.5. The Kier molecular flexibility index (Phi) is 5.39. The van der Waals surface area contributed by atoms with E-state index in [2.05, 4.69) is 4.98 Å². The highest BCUT2D eigenvalue weighted by Gasteiger charge is 2.17. The van der Waals surface area contributed by atoms with Crippen molar-refractivity contribution < 1.29 is 9.90 Å². The molecule has 0 saturated heterocycles. The lowest BCUT2D eigenvalue weighted by atomic mass is 10.0. The predicted molar refractivity (Wildman–Crippen MR) is 78.7 cm³/mol. The van der Waals surface area contributed by atoms with E-state index in [0.717, 1.165) is 22.2 Å². The Morgan fingerprint density at radius 1 is 1.47 bits per heavy atom. The van der Waals surface area contributed by atoms with Gasteiger partial charge in [-0.25, -0.2) is 0 Å². The van der Waals surface area contributed by atoms with Crippen molar-refractivity contribution in [1.82, 2.24) is 4.98 Å². The van der Waals surface area contributed by atoms with Gasteiger partial charge < -0.3 is 15.8 Å². The van der Waals surface area contributed by atoms with Crippen LogP contribution < -0.4 is 5.73 Å². The van der Waals surface area contributed by atoms with Crippen LogP contribution in [0, 0.1) is 6.92 Å². The fraction of sp³-hybridized carbons (Fsp3) is 0.357. The van der Waals surface area contributed by atoms with Crippen LogP contribution >= 0.6 is 11.6 Å². The highest BCUT2D eigenvalue weighted by Crippen LogP contribution is 2.28. The molecule has 4 nitrogen and oxygen atoms in total. The zero-order valence-electron chi connectivity index (χ0n) is 11.3. The summed E-state index contributed by atoms with van der Waals surface area (Å²) in [6.45, 7) is 5.89. The van der Waals surface area contributed by atoms with Crippen molar-refractivity contribution in [2.75, 3.05) is 0 Å². The number of aliphatic carboxylic acids is 1. The van der Waals surface area contributed by atoms with Crippen LogP contribution in [0.25, 0.3) is 10.9 Å². The number of nitrogens with two attached hydrogens (primary N) is 1. The van der Waals surface area contributed by atoms with E-state index in [1.807, 2.05) is 32.9 Å². The molecule has 1 aromatic carbocycles. The highest BCUT2D eigenvalue weighted by atomic mass is 35.5. The molecule has 0 bridgehead atoms. The highest BCUT2D eigenvalue weighted by molar-refractivity contribution is 6.35. The van der Waals surface area contributed by atoms with Gasteiger partial charge in [-0.3, -0.25) is 4.79 Å². The van der Waals surface area contributed by atoms with E-state index in [0.29, 0.717) is 11.4 Å². The van der Waals surface area contributed by atoms with Crippen molar-refractivity contribution in [3.63, 3.8) is 0 Å². The number of nitrogens with one attached hydrogen (secondary N) is 1. The van der Waals surface area contributed by atoms with E-state index in [4.69, 9.17) is 22.4 Å². The van der Waals surface area contributed by atoms with Crippen LogP contribution in [-0.4, -0.2) is 22.1 Å². The zero-order chi connectivity index (χ0) is 14.6. The fourth-order valence-electron chi connectivity index (χ4n) is 1.94. The number of fused-ring (bicyclic) bond motifs is 1. The molecule has 104 valence electrons. The number of hydrogen-bond acceptors (Lipinski definition) is 2. The maximum atomic E-state index is 10.8. The van der Waals surface area contributed by atoms with E-state index in [9.17, 15) is 4.79 Å². The maximum absolute atomic E-state index is 10.8. The standard InChI is InChI=1S/C12H13ClN2O2.C2H6/c1-6-8(5-10(14)12(16)17)7-3-2-4-9(13)11(7)15-6;1-2/h2-4,10,15H,5,14H2,1H3,(H,16,17);1-2H3. The third kappa shape index (κ3) is 3.28. The first-order valence-corrected chi connectivity index (χ1v) is 6.62. The van der Waals surface area contributed by atoms with Gasteiger partial charge in [-0.15, -0.1) is 0 Å². The van der Waals surface area contributed by atoms with Gasteiger partial charge >= 0.3 is 5.97 Å². The summed E-state index contributed by atoms with van der Waals surface area (Å²) in [5, 5.41) is 10.4. The van der Waals surface area contributed by atoms with Gasteiger partial charge in [0.05, 0.1) is 10.5 Å². The SMILES string of the molecule is CC.Cc1[nH]c2c(Cl)cccc2c1CC(N)C(=O)O. The van der Waals surface area contributed by atoms with Gasteiger partial charge in [0.15, 0.2) is 0 Å². The smallest absolute Gasteiger partial charge is 0.320 e. The number of halogens is 1. The molecule has 19 heavy (non-hydrogen) atoms. The third-order valence-corrected chi connectivity index (χ3v) is 3.16. The molecular formula is C14H19ClN2O2. The lowest BCUT2D eigenvalue weighted by molar-refractivity contribution is -0.138. The van der Waals surface area contributed by atoms with Crippen LogP contribution in [0.1, 0.15) is 25.1 Å². The van der Waals surface area contributed by atoms with Crippen molar-refractivity contribution in [2.24, 2.45) is 5.73 Å². The molecule has 1 atom stereocenters. The summed E-state index contributed by atoms with van der Waals surface area (Å²) in [7, 11) is 0. The van der Waals surface area contributed by atoms with Crippen LogP contribution in [-0.2, 0) is 11.2 Å². The first-order valence-electron chi connectivity index (χ1n) is 6.24. The second kappa shape index (κ2) is 6.59. The van der Waals surface area contributed by atoms with Crippen molar-refractivity contribution in [3.8, 4) is 0 Å². The van der Waals surface area contributed by atoms with E-state index >= 15 is 0 Å². The van der Waals surface area contributed by atoms with E-state index in [-0.39, 0.29) is 0 Å². The minimum Gasteiger partial charge on any atom is -0.480 e. The molecule has 1 heterocycles. The number of benzene rings is 1. The van der Waals surface area contributed by atoms with E-state index in [1.165, 1.54) is 0 Å². The number of aromatic amines is 1. The largest absolute Gasteiger partial charge is 0.480 e. The molecule has 1 unspecified atom stereocenters. The number of rotatable bonds is 3. The Bertz CT molecular complexity index is 578. The Morgan fingerprint density at radius 2 is 2.11 bits per heavy atom. The van der Waals surface area contributed by atoms with Crippen LogP contribution in [0.2, 0.25) is 5.02 Å². The predicted octanol–water partition coefficient (Wildman–Crippen LogP) is 3.11. The molecule has 0 saturated carbocycles. The second-order valence-electron chi connectivity index (χ2n) is 4.04. The van der Waals surface area contributed by atoms with Gasteiger partial charge in [0.2, 0.25) is 0 Å². The second-order valence-corrected chi connectivity index (χ2v) is 4.45. The maximum Gasteiger partial charge on any atom is 0.320 e. The van der Waals surface area contributed by atoms with Gasteiger partial charge in [0.25, 0.3) is 0 Å². The summed E-state index contributed by atoms with van der Waals surface area (Å²) in [5.41, 5.74) is 8.21. The lowest BCUT2D eigenvalue weighted by Gasteiger charge is -2.06. The van der Waals surface area contributed by atoms with Crippen molar-refractivity contribution >= 4 is 28.5 Å². The molecular weight excluding hydrogens is 264 g/mol. The Labute approximate surface area is 117 Å². The molecule has 0 aliphatic heterocycles. The third-order valence-electron chi connectivity index (χ3n) is 2.85. The molecule has 4 N–H and O–H groups in total. The topological polar surface area (TPSA) is 79.1 Å². The molecule has 2 rings (SSSR count). The molecule has 0 aliphatic carbocycles. The van der Waals surface area contributed by atoms with Gasteiger partial charge in [0.1, 0.15) is 6.04 Å². The number of carbonyl (C=O) groups is 1.